The van der Waals surface area contributed by atoms with Gasteiger partial charge in [-0.2, -0.15) is 0 Å². The van der Waals surface area contributed by atoms with Crippen LogP contribution >= 0.6 is 23.4 Å². The molecular weight excluding hydrogens is 418 g/mol. The zero-order chi connectivity index (χ0) is 21.5. The lowest BCUT2D eigenvalue weighted by Crippen LogP contribution is -2.22. The highest BCUT2D eigenvalue weighted by molar-refractivity contribution is 8.00. The maximum Gasteiger partial charge on any atom is 0.323 e. The SMILES string of the molecule is Cc1ccc(NC(=O)C(C)Sc2ccc(NC(=O)Nc3ccccc3)cc2)cc1Cl. The van der Waals surface area contributed by atoms with Gasteiger partial charge in [0.25, 0.3) is 0 Å². The Bertz CT molecular complexity index is 1030. The van der Waals surface area contributed by atoms with E-state index in [4.69, 9.17) is 11.6 Å². The molecule has 0 heterocycles. The van der Waals surface area contributed by atoms with E-state index in [1.54, 1.807) is 18.2 Å². The first-order chi connectivity index (χ1) is 14.4. The number of benzene rings is 3. The van der Waals surface area contributed by atoms with E-state index in [-0.39, 0.29) is 17.2 Å². The highest BCUT2D eigenvalue weighted by Gasteiger charge is 2.15. The van der Waals surface area contributed by atoms with Crippen molar-refractivity contribution in [3.8, 4) is 0 Å². The Labute approximate surface area is 185 Å². The number of hydrogen-bond donors (Lipinski definition) is 3. The number of halogens is 1. The van der Waals surface area contributed by atoms with Crippen molar-refractivity contribution in [2.24, 2.45) is 0 Å². The minimum absolute atomic E-state index is 0.107. The summed E-state index contributed by atoms with van der Waals surface area (Å²) in [5.74, 6) is -0.107. The number of hydrogen-bond acceptors (Lipinski definition) is 3. The normalized spacial score (nSPS) is 11.4. The first kappa shape index (κ1) is 21.7. The van der Waals surface area contributed by atoms with Crippen LogP contribution in [0.5, 0.6) is 0 Å². The van der Waals surface area contributed by atoms with Crippen LogP contribution in [0.25, 0.3) is 0 Å². The minimum atomic E-state index is -0.314. The smallest absolute Gasteiger partial charge is 0.323 e. The Kier molecular flexibility index (Phi) is 7.38. The lowest BCUT2D eigenvalue weighted by Gasteiger charge is -2.13. The third kappa shape index (κ3) is 6.27. The van der Waals surface area contributed by atoms with Gasteiger partial charge in [-0.25, -0.2) is 4.79 Å². The van der Waals surface area contributed by atoms with Crippen LogP contribution in [0, 0.1) is 6.92 Å². The highest BCUT2D eigenvalue weighted by atomic mass is 35.5. The van der Waals surface area contributed by atoms with Crippen molar-refractivity contribution in [2.45, 2.75) is 24.0 Å². The van der Waals surface area contributed by atoms with Gasteiger partial charge in [-0.3, -0.25) is 4.79 Å². The van der Waals surface area contributed by atoms with E-state index in [9.17, 15) is 9.59 Å². The van der Waals surface area contributed by atoms with Gasteiger partial charge < -0.3 is 16.0 Å². The molecule has 30 heavy (non-hydrogen) atoms. The molecule has 0 spiro atoms. The predicted molar refractivity (Wildman–Crippen MR) is 126 cm³/mol. The second-order valence-corrected chi connectivity index (χ2v) is 8.50. The Morgan fingerprint density at radius 2 is 1.43 bits per heavy atom. The van der Waals surface area contributed by atoms with E-state index in [1.807, 2.05) is 68.4 Å². The fourth-order valence-electron chi connectivity index (χ4n) is 2.60. The molecule has 3 rings (SSSR count). The topological polar surface area (TPSA) is 70.2 Å². The van der Waals surface area contributed by atoms with Gasteiger partial charge in [0.1, 0.15) is 0 Å². The molecule has 5 nitrogen and oxygen atoms in total. The first-order valence-electron chi connectivity index (χ1n) is 9.37. The van der Waals surface area contributed by atoms with E-state index in [0.717, 1.165) is 16.1 Å². The molecule has 1 unspecified atom stereocenters. The first-order valence-corrected chi connectivity index (χ1v) is 10.6. The number of urea groups is 1. The number of anilines is 3. The highest BCUT2D eigenvalue weighted by Crippen LogP contribution is 2.26. The summed E-state index contributed by atoms with van der Waals surface area (Å²) in [4.78, 5) is 25.4. The Hall–Kier alpha value is -2.96. The molecule has 0 saturated carbocycles. The summed E-state index contributed by atoms with van der Waals surface area (Å²) >= 11 is 7.55. The molecule has 0 aliphatic carbocycles. The standard InChI is InChI=1S/C23H22ClN3O2S/c1-15-8-9-19(14-21(15)24)25-22(28)16(2)30-20-12-10-18(11-13-20)27-23(29)26-17-6-4-3-5-7-17/h3-14,16H,1-2H3,(H,25,28)(H2,26,27,29). The summed E-state index contributed by atoms with van der Waals surface area (Å²) in [5, 5.41) is 8.75. The van der Waals surface area contributed by atoms with Crippen LogP contribution in [0.15, 0.2) is 77.7 Å². The third-order valence-electron chi connectivity index (χ3n) is 4.27. The fourth-order valence-corrected chi connectivity index (χ4v) is 3.65. The van der Waals surface area contributed by atoms with Crippen molar-refractivity contribution in [3.05, 3.63) is 83.4 Å². The van der Waals surface area contributed by atoms with Crippen LogP contribution in [0.2, 0.25) is 5.02 Å². The predicted octanol–water partition coefficient (Wildman–Crippen LogP) is 6.41. The molecule has 3 aromatic rings. The van der Waals surface area contributed by atoms with Crippen LogP contribution in [-0.2, 0) is 4.79 Å². The molecule has 0 aromatic heterocycles. The molecule has 3 amide bonds. The van der Waals surface area contributed by atoms with Crippen molar-refractivity contribution >= 4 is 52.4 Å². The largest absolute Gasteiger partial charge is 0.325 e. The molecule has 3 aromatic carbocycles. The maximum atomic E-state index is 12.5. The Morgan fingerprint density at radius 3 is 2.07 bits per heavy atom. The van der Waals surface area contributed by atoms with Gasteiger partial charge in [-0.1, -0.05) is 35.9 Å². The summed E-state index contributed by atoms with van der Waals surface area (Å²) in [6.45, 7) is 3.76. The summed E-state index contributed by atoms with van der Waals surface area (Å²) in [7, 11) is 0. The number of aryl methyl sites for hydroxylation is 1. The van der Waals surface area contributed by atoms with E-state index >= 15 is 0 Å². The Morgan fingerprint density at radius 1 is 0.833 bits per heavy atom. The van der Waals surface area contributed by atoms with E-state index in [1.165, 1.54) is 11.8 Å². The minimum Gasteiger partial charge on any atom is -0.325 e. The van der Waals surface area contributed by atoms with Crippen molar-refractivity contribution in [1.82, 2.24) is 0 Å². The lowest BCUT2D eigenvalue weighted by atomic mass is 10.2. The fraction of sp³-hybridized carbons (Fsp3) is 0.130. The number of carbonyl (C=O) groups excluding carboxylic acids is 2. The number of para-hydroxylation sites is 1. The maximum absolute atomic E-state index is 12.5. The van der Waals surface area contributed by atoms with Gasteiger partial charge in [-0.15, -0.1) is 11.8 Å². The van der Waals surface area contributed by atoms with Gasteiger partial charge in [0.05, 0.1) is 5.25 Å². The Balaban J connectivity index is 1.52. The summed E-state index contributed by atoms with van der Waals surface area (Å²) in [6, 6.07) is 21.7. The quantitative estimate of drug-likeness (QED) is 0.388. The van der Waals surface area contributed by atoms with Crippen LogP contribution in [0.4, 0.5) is 21.9 Å². The van der Waals surface area contributed by atoms with Crippen LogP contribution in [-0.4, -0.2) is 17.2 Å². The molecule has 0 fully saturated rings. The zero-order valence-corrected chi connectivity index (χ0v) is 18.2. The van der Waals surface area contributed by atoms with Gasteiger partial charge in [0.15, 0.2) is 0 Å². The molecular formula is C23H22ClN3O2S. The molecule has 0 aliphatic rings. The molecule has 1 atom stereocenters. The monoisotopic (exact) mass is 439 g/mol. The number of amides is 3. The van der Waals surface area contributed by atoms with E-state index in [0.29, 0.717) is 16.4 Å². The van der Waals surface area contributed by atoms with Gasteiger partial charge in [0.2, 0.25) is 5.91 Å². The van der Waals surface area contributed by atoms with Gasteiger partial charge in [0, 0.05) is 27.0 Å². The van der Waals surface area contributed by atoms with Crippen molar-refractivity contribution in [3.63, 3.8) is 0 Å². The number of thioether (sulfide) groups is 1. The second-order valence-electron chi connectivity index (χ2n) is 6.68. The average Bonchev–Trinajstić information content (AvgIpc) is 2.73. The molecule has 0 aliphatic heterocycles. The van der Waals surface area contributed by atoms with E-state index in [2.05, 4.69) is 16.0 Å². The molecule has 154 valence electrons. The second kappa shape index (κ2) is 10.2. The number of carbonyl (C=O) groups is 2. The summed E-state index contributed by atoms with van der Waals surface area (Å²) in [6.07, 6.45) is 0. The van der Waals surface area contributed by atoms with Crippen LogP contribution in [0.1, 0.15) is 12.5 Å². The van der Waals surface area contributed by atoms with E-state index < -0.39 is 0 Å². The summed E-state index contributed by atoms with van der Waals surface area (Å²) in [5.41, 5.74) is 3.02. The number of rotatable bonds is 6. The van der Waals surface area contributed by atoms with Crippen molar-refractivity contribution in [1.29, 1.82) is 0 Å². The number of nitrogens with one attached hydrogen (secondary N) is 3. The van der Waals surface area contributed by atoms with Crippen molar-refractivity contribution < 1.29 is 9.59 Å². The lowest BCUT2D eigenvalue weighted by molar-refractivity contribution is -0.115. The van der Waals surface area contributed by atoms with Crippen LogP contribution in [0.3, 0.4) is 0 Å². The molecule has 0 saturated heterocycles. The zero-order valence-electron chi connectivity index (χ0n) is 16.6. The van der Waals surface area contributed by atoms with Gasteiger partial charge in [-0.05, 0) is 67.9 Å². The van der Waals surface area contributed by atoms with Crippen molar-refractivity contribution in [2.75, 3.05) is 16.0 Å². The van der Waals surface area contributed by atoms with Crippen LogP contribution < -0.4 is 16.0 Å². The summed E-state index contributed by atoms with van der Waals surface area (Å²) < 4.78 is 0. The van der Waals surface area contributed by atoms with Gasteiger partial charge >= 0.3 is 6.03 Å². The average molecular weight is 440 g/mol. The molecule has 7 heteroatoms. The molecule has 3 N–H and O–H groups in total. The molecule has 0 bridgehead atoms. The third-order valence-corrected chi connectivity index (χ3v) is 5.78. The molecule has 0 radical (unpaired) electrons.